The Balaban J connectivity index is 1.67. The maximum atomic E-state index is 13.0. The second-order valence-corrected chi connectivity index (χ2v) is 12.5. The van der Waals surface area contributed by atoms with Gasteiger partial charge in [-0.25, -0.2) is 8.42 Å². The largest absolute Gasteiger partial charge is 0.336 e. The number of nitrogens with zero attached hydrogens (tertiary/aromatic N) is 5. The molecule has 2 aliphatic rings. The fourth-order valence-corrected chi connectivity index (χ4v) is 6.71. The third kappa shape index (κ3) is 5.15. The number of benzene rings is 1. The van der Waals surface area contributed by atoms with E-state index in [9.17, 15) is 21.6 Å². The van der Waals surface area contributed by atoms with E-state index < -0.39 is 20.2 Å². The Morgan fingerprint density at radius 3 is 1.97 bits per heavy atom. The summed E-state index contributed by atoms with van der Waals surface area (Å²) < 4.78 is 55.6. The van der Waals surface area contributed by atoms with Crippen molar-refractivity contribution in [2.24, 2.45) is 0 Å². The molecule has 1 aromatic rings. The van der Waals surface area contributed by atoms with E-state index >= 15 is 0 Å². The van der Waals surface area contributed by atoms with Crippen LogP contribution in [0.3, 0.4) is 0 Å². The third-order valence-electron chi connectivity index (χ3n) is 6.13. The topological polar surface area (TPSA) is 102 Å². The SMILES string of the molecule is CC(C)N(C)S(=O)(=O)c1cccc(C(=O)N2CCN(S(=O)(=O)N3CCN(C)CC3)CC2)c1. The first-order chi connectivity index (χ1) is 14.9. The van der Waals surface area contributed by atoms with Gasteiger partial charge in [-0.15, -0.1) is 0 Å². The second kappa shape index (κ2) is 9.74. The summed E-state index contributed by atoms with van der Waals surface area (Å²) >= 11 is 0. The van der Waals surface area contributed by atoms with Crippen molar-refractivity contribution in [3.8, 4) is 0 Å². The molecule has 0 aliphatic carbocycles. The number of amides is 1. The summed E-state index contributed by atoms with van der Waals surface area (Å²) in [5.41, 5.74) is 0.276. The quantitative estimate of drug-likeness (QED) is 0.558. The van der Waals surface area contributed by atoms with Crippen LogP contribution in [0.25, 0.3) is 0 Å². The molecule has 2 aliphatic heterocycles. The lowest BCUT2D eigenvalue weighted by Crippen LogP contribution is -2.57. The van der Waals surface area contributed by atoms with E-state index in [0.717, 1.165) is 0 Å². The molecule has 2 fully saturated rings. The van der Waals surface area contributed by atoms with Gasteiger partial charge in [0, 0.05) is 71.0 Å². The minimum atomic E-state index is -3.70. The van der Waals surface area contributed by atoms with Crippen molar-refractivity contribution in [3.63, 3.8) is 0 Å². The van der Waals surface area contributed by atoms with Crippen LogP contribution in [0, 0.1) is 0 Å². The van der Waals surface area contributed by atoms with Gasteiger partial charge in [0.15, 0.2) is 0 Å². The van der Waals surface area contributed by atoms with Crippen LogP contribution in [0.1, 0.15) is 24.2 Å². The molecular weight excluding hydrogens is 454 g/mol. The number of carbonyl (C=O) groups is 1. The average molecular weight is 488 g/mol. The van der Waals surface area contributed by atoms with Gasteiger partial charge in [0.1, 0.15) is 0 Å². The van der Waals surface area contributed by atoms with Crippen molar-refractivity contribution < 1.29 is 21.6 Å². The Morgan fingerprint density at radius 1 is 0.906 bits per heavy atom. The molecule has 0 spiro atoms. The van der Waals surface area contributed by atoms with Gasteiger partial charge in [-0.2, -0.15) is 21.3 Å². The fourth-order valence-electron chi connectivity index (χ4n) is 3.72. The van der Waals surface area contributed by atoms with Gasteiger partial charge >= 0.3 is 0 Å². The van der Waals surface area contributed by atoms with Crippen LogP contribution in [0.15, 0.2) is 29.2 Å². The molecule has 2 heterocycles. The maximum absolute atomic E-state index is 13.0. The lowest BCUT2D eigenvalue weighted by atomic mass is 10.2. The van der Waals surface area contributed by atoms with E-state index in [1.165, 1.54) is 32.1 Å². The van der Waals surface area contributed by atoms with Crippen LogP contribution >= 0.6 is 0 Å². The van der Waals surface area contributed by atoms with Crippen LogP contribution in [-0.2, 0) is 20.2 Å². The molecule has 0 atom stereocenters. The number of hydrogen-bond acceptors (Lipinski definition) is 6. The molecule has 0 saturated carbocycles. The van der Waals surface area contributed by atoms with Crippen molar-refractivity contribution >= 4 is 26.1 Å². The molecule has 12 heteroatoms. The molecule has 0 unspecified atom stereocenters. The summed E-state index contributed by atoms with van der Waals surface area (Å²) in [7, 11) is -3.78. The minimum absolute atomic E-state index is 0.0656. The molecule has 10 nitrogen and oxygen atoms in total. The third-order valence-corrected chi connectivity index (χ3v) is 10.2. The number of likely N-dealkylation sites (N-methyl/N-ethyl adjacent to an activating group) is 1. The molecule has 1 aromatic carbocycles. The molecular formula is C20H33N5O5S2. The summed E-state index contributed by atoms with van der Waals surface area (Å²) in [5.74, 6) is -0.300. The van der Waals surface area contributed by atoms with Crippen molar-refractivity contribution in [2.75, 3.05) is 66.5 Å². The maximum Gasteiger partial charge on any atom is 0.282 e. The molecule has 0 N–H and O–H groups in total. The number of hydrogen-bond donors (Lipinski definition) is 0. The molecule has 3 rings (SSSR count). The first-order valence-corrected chi connectivity index (χ1v) is 13.6. The van der Waals surface area contributed by atoms with Gasteiger partial charge in [0.05, 0.1) is 4.90 Å². The molecule has 0 radical (unpaired) electrons. The van der Waals surface area contributed by atoms with Gasteiger partial charge in [0.25, 0.3) is 16.1 Å². The fraction of sp³-hybridized carbons (Fsp3) is 0.650. The smallest absolute Gasteiger partial charge is 0.282 e. The zero-order chi connectivity index (χ0) is 23.7. The summed E-state index contributed by atoms with van der Waals surface area (Å²) in [6.45, 7) is 6.83. The average Bonchev–Trinajstić information content (AvgIpc) is 2.78. The van der Waals surface area contributed by atoms with Crippen molar-refractivity contribution in [1.29, 1.82) is 0 Å². The first kappa shape index (κ1) is 25.1. The number of piperazine rings is 2. The van der Waals surface area contributed by atoms with E-state index in [2.05, 4.69) is 4.90 Å². The van der Waals surface area contributed by atoms with Gasteiger partial charge in [-0.1, -0.05) is 6.07 Å². The van der Waals surface area contributed by atoms with Crippen LogP contribution in [0.4, 0.5) is 0 Å². The van der Waals surface area contributed by atoms with Crippen LogP contribution < -0.4 is 0 Å². The summed E-state index contributed by atoms with van der Waals surface area (Å²) in [4.78, 5) is 16.7. The highest BCUT2D eigenvalue weighted by molar-refractivity contribution is 7.89. The normalized spacial score (nSPS) is 20.2. The monoisotopic (exact) mass is 487 g/mol. The first-order valence-electron chi connectivity index (χ1n) is 10.8. The molecule has 32 heavy (non-hydrogen) atoms. The molecule has 0 aromatic heterocycles. The molecule has 180 valence electrons. The van der Waals surface area contributed by atoms with E-state index in [-0.39, 0.29) is 48.6 Å². The molecule has 0 bridgehead atoms. The Morgan fingerprint density at radius 2 is 1.44 bits per heavy atom. The predicted molar refractivity (Wildman–Crippen MR) is 122 cm³/mol. The Labute approximate surface area is 191 Å². The lowest BCUT2D eigenvalue weighted by molar-refractivity contribution is 0.0692. The Hall–Kier alpha value is -1.57. The summed E-state index contributed by atoms with van der Waals surface area (Å²) in [6, 6.07) is 5.80. The van der Waals surface area contributed by atoms with Crippen LogP contribution in [0.2, 0.25) is 0 Å². The highest BCUT2D eigenvalue weighted by atomic mass is 32.2. The van der Waals surface area contributed by atoms with E-state index in [0.29, 0.717) is 26.2 Å². The van der Waals surface area contributed by atoms with Crippen molar-refractivity contribution in [2.45, 2.75) is 24.8 Å². The standard InChI is InChI=1S/C20H33N5O5S2/c1-17(2)22(4)31(27,28)19-7-5-6-18(16-19)20(26)23-10-14-25(15-11-23)32(29,30)24-12-8-21(3)9-13-24/h5-7,16-17H,8-15H2,1-4H3. The predicted octanol–water partition coefficient (Wildman–Crippen LogP) is -0.0345. The van der Waals surface area contributed by atoms with E-state index in [1.807, 2.05) is 7.05 Å². The Bertz CT molecular complexity index is 1030. The molecule has 1 amide bonds. The number of sulfonamides is 1. The summed E-state index contributed by atoms with van der Waals surface area (Å²) in [5, 5.41) is 0. The zero-order valence-electron chi connectivity index (χ0n) is 19.1. The Kier molecular flexibility index (Phi) is 7.62. The zero-order valence-corrected chi connectivity index (χ0v) is 20.8. The van der Waals surface area contributed by atoms with Crippen LogP contribution in [-0.4, -0.2) is 118 Å². The van der Waals surface area contributed by atoms with Crippen molar-refractivity contribution in [3.05, 3.63) is 29.8 Å². The van der Waals surface area contributed by atoms with Gasteiger partial charge in [-0.3, -0.25) is 4.79 Å². The van der Waals surface area contributed by atoms with Gasteiger partial charge in [0.2, 0.25) is 10.0 Å². The molecule has 2 saturated heterocycles. The number of carbonyl (C=O) groups excluding carboxylic acids is 1. The van der Waals surface area contributed by atoms with Gasteiger partial charge < -0.3 is 9.80 Å². The number of rotatable bonds is 6. The highest BCUT2D eigenvalue weighted by Crippen LogP contribution is 2.20. The lowest BCUT2D eigenvalue weighted by Gasteiger charge is -2.39. The summed E-state index contributed by atoms with van der Waals surface area (Å²) in [6.07, 6.45) is 0. The van der Waals surface area contributed by atoms with Crippen LogP contribution in [0.5, 0.6) is 0 Å². The van der Waals surface area contributed by atoms with Gasteiger partial charge in [-0.05, 0) is 39.1 Å². The highest BCUT2D eigenvalue weighted by Gasteiger charge is 2.35. The minimum Gasteiger partial charge on any atom is -0.336 e. The van der Waals surface area contributed by atoms with Crippen molar-refractivity contribution in [1.82, 2.24) is 22.7 Å². The second-order valence-electron chi connectivity index (χ2n) is 8.54. The van der Waals surface area contributed by atoms with E-state index in [1.54, 1.807) is 30.9 Å². The van der Waals surface area contributed by atoms with E-state index in [4.69, 9.17) is 0 Å².